The van der Waals surface area contributed by atoms with E-state index in [0.29, 0.717) is 47.7 Å². The van der Waals surface area contributed by atoms with Gasteiger partial charge in [0.25, 0.3) is 0 Å². The van der Waals surface area contributed by atoms with Gasteiger partial charge in [-0.2, -0.15) is 0 Å². The van der Waals surface area contributed by atoms with Crippen molar-refractivity contribution >= 4 is 41.2 Å². The Morgan fingerprint density at radius 1 is 1.24 bits per heavy atom. The number of unbranched alkanes of at least 4 members (excludes halogenated alkanes) is 2. The maximum absolute atomic E-state index is 12.7. The Hall–Kier alpha value is -2.25. The van der Waals surface area contributed by atoms with Gasteiger partial charge >= 0.3 is 18.0 Å². The van der Waals surface area contributed by atoms with Gasteiger partial charge in [0.05, 0.1) is 28.3 Å². The summed E-state index contributed by atoms with van der Waals surface area (Å²) in [5.41, 5.74) is 1.28. The molecule has 158 valence electrons. The second kappa shape index (κ2) is 10.5. The third kappa shape index (κ3) is 5.64. The molecule has 0 fully saturated rings. The molecule has 1 atom stereocenters. The number of carboxylic acid groups (broad SMARTS) is 1. The van der Waals surface area contributed by atoms with Gasteiger partial charge in [0.2, 0.25) is 0 Å². The lowest BCUT2D eigenvalue weighted by Gasteiger charge is -2.35. The van der Waals surface area contributed by atoms with E-state index in [4.69, 9.17) is 33.0 Å². The van der Waals surface area contributed by atoms with Crippen LogP contribution in [0, 0.1) is 0 Å². The van der Waals surface area contributed by atoms with Crippen molar-refractivity contribution in [2.24, 2.45) is 0 Å². The number of halogens is 2. The molecule has 2 rings (SSSR count). The van der Waals surface area contributed by atoms with E-state index in [1.807, 2.05) is 0 Å². The third-order valence-electron chi connectivity index (χ3n) is 4.66. The molecule has 0 radical (unpaired) electrons. The minimum atomic E-state index is -0.845. The average Bonchev–Trinajstić information content (AvgIpc) is 2.65. The largest absolute Gasteiger partial charge is 0.481 e. The highest BCUT2D eigenvalue weighted by Crippen LogP contribution is 2.37. The molecule has 9 heteroatoms. The predicted molar refractivity (Wildman–Crippen MR) is 110 cm³/mol. The van der Waals surface area contributed by atoms with Crippen molar-refractivity contribution in [2.75, 3.05) is 13.2 Å². The van der Waals surface area contributed by atoms with Gasteiger partial charge in [-0.15, -0.1) is 0 Å². The van der Waals surface area contributed by atoms with Gasteiger partial charge < -0.3 is 15.2 Å². The normalized spacial score (nSPS) is 16.6. The zero-order valence-electron chi connectivity index (χ0n) is 16.3. The Morgan fingerprint density at radius 2 is 1.97 bits per heavy atom. The minimum Gasteiger partial charge on any atom is -0.481 e. The summed E-state index contributed by atoms with van der Waals surface area (Å²) in [5.74, 6) is -1.38. The topological polar surface area (TPSA) is 95.9 Å². The van der Waals surface area contributed by atoms with Crippen molar-refractivity contribution in [2.45, 2.75) is 45.6 Å². The molecule has 7 nitrogen and oxygen atoms in total. The van der Waals surface area contributed by atoms with Gasteiger partial charge in [0.15, 0.2) is 0 Å². The van der Waals surface area contributed by atoms with E-state index in [-0.39, 0.29) is 24.1 Å². The fraction of sp³-hybridized carbons (Fsp3) is 0.450. The van der Waals surface area contributed by atoms with Gasteiger partial charge in [0, 0.05) is 18.7 Å². The van der Waals surface area contributed by atoms with Crippen LogP contribution in [-0.4, -0.2) is 41.1 Å². The molecule has 0 aliphatic carbocycles. The Morgan fingerprint density at radius 3 is 2.62 bits per heavy atom. The second-order valence-corrected chi connectivity index (χ2v) is 7.39. The number of allylic oxidation sites excluding steroid dienone is 1. The van der Waals surface area contributed by atoms with Crippen LogP contribution >= 0.6 is 23.2 Å². The number of carbonyl (C=O) groups is 3. The van der Waals surface area contributed by atoms with E-state index in [9.17, 15) is 14.4 Å². The molecular weight excluding hydrogens is 419 g/mol. The molecule has 1 aliphatic rings. The molecule has 0 saturated carbocycles. The molecule has 1 aliphatic heterocycles. The van der Waals surface area contributed by atoms with E-state index in [1.165, 1.54) is 4.90 Å². The first kappa shape index (κ1) is 23.0. The van der Waals surface area contributed by atoms with Crippen molar-refractivity contribution < 1.29 is 24.2 Å². The molecule has 1 heterocycles. The molecule has 2 N–H and O–H groups in total. The lowest BCUT2D eigenvalue weighted by atomic mass is 9.94. The number of hydrogen-bond acceptors (Lipinski definition) is 4. The van der Waals surface area contributed by atoms with Gasteiger partial charge in [0.1, 0.15) is 0 Å². The highest BCUT2D eigenvalue weighted by atomic mass is 35.5. The number of carbonyl (C=O) groups excluding carboxylic acids is 2. The van der Waals surface area contributed by atoms with Crippen LogP contribution in [0.2, 0.25) is 10.0 Å². The summed E-state index contributed by atoms with van der Waals surface area (Å²) in [6.07, 6.45) is 1.88. The van der Waals surface area contributed by atoms with Crippen molar-refractivity contribution in [3.05, 3.63) is 45.1 Å². The molecular formula is C20H24Cl2N2O5. The average molecular weight is 443 g/mol. The highest BCUT2D eigenvalue weighted by molar-refractivity contribution is 6.42. The van der Waals surface area contributed by atoms with Gasteiger partial charge in [-0.1, -0.05) is 41.8 Å². The fourth-order valence-corrected chi connectivity index (χ4v) is 3.64. The van der Waals surface area contributed by atoms with Crippen LogP contribution in [0.1, 0.15) is 51.1 Å². The number of benzene rings is 1. The van der Waals surface area contributed by atoms with Gasteiger partial charge in [-0.05, 0) is 38.3 Å². The number of aliphatic carboxylic acids is 1. The van der Waals surface area contributed by atoms with Crippen LogP contribution in [-0.2, 0) is 14.3 Å². The first-order valence-electron chi connectivity index (χ1n) is 9.39. The van der Waals surface area contributed by atoms with Crippen LogP contribution in [0.4, 0.5) is 4.79 Å². The second-order valence-electron chi connectivity index (χ2n) is 6.60. The Kier molecular flexibility index (Phi) is 8.34. The molecule has 0 saturated heterocycles. The number of rotatable bonds is 9. The van der Waals surface area contributed by atoms with E-state index in [2.05, 4.69) is 5.32 Å². The molecule has 1 unspecified atom stereocenters. The van der Waals surface area contributed by atoms with Crippen LogP contribution in [0.25, 0.3) is 0 Å². The Balaban J connectivity index is 2.31. The predicted octanol–water partition coefficient (Wildman–Crippen LogP) is 4.54. The SMILES string of the molecule is CCOC(=O)C1=C(C)N(CCCCCC(=O)O)C(=O)NC1c1cccc(Cl)c1Cl. The number of carboxylic acids is 1. The molecule has 0 spiro atoms. The number of nitrogens with zero attached hydrogens (tertiary/aromatic N) is 1. The molecule has 1 aromatic carbocycles. The van der Waals surface area contributed by atoms with Crippen molar-refractivity contribution in [3.8, 4) is 0 Å². The zero-order chi connectivity index (χ0) is 21.6. The van der Waals surface area contributed by atoms with Crippen molar-refractivity contribution in [3.63, 3.8) is 0 Å². The molecule has 0 aromatic heterocycles. The number of amides is 2. The lowest BCUT2D eigenvalue weighted by molar-refractivity contribution is -0.139. The zero-order valence-corrected chi connectivity index (χ0v) is 17.8. The minimum absolute atomic E-state index is 0.0877. The summed E-state index contributed by atoms with van der Waals surface area (Å²) in [5, 5.41) is 12.1. The first-order valence-corrected chi connectivity index (χ1v) is 10.1. The molecule has 2 amide bonds. The van der Waals surface area contributed by atoms with Crippen molar-refractivity contribution in [1.82, 2.24) is 10.2 Å². The number of esters is 1. The smallest absolute Gasteiger partial charge is 0.338 e. The summed E-state index contributed by atoms with van der Waals surface area (Å²) in [7, 11) is 0. The lowest BCUT2D eigenvalue weighted by Crippen LogP contribution is -2.48. The fourth-order valence-electron chi connectivity index (χ4n) is 3.22. The summed E-state index contributed by atoms with van der Waals surface area (Å²) in [4.78, 5) is 37.5. The summed E-state index contributed by atoms with van der Waals surface area (Å²) in [6.45, 7) is 3.94. The maximum atomic E-state index is 12.7. The van der Waals surface area contributed by atoms with Crippen LogP contribution in [0.15, 0.2) is 29.5 Å². The number of hydrogen-bond donors (Lipinski definition) is 2. The third-order valence-corrected chi connectivity index (χ3v) is 5.49. The van der Waals surface area contributed by atoms with Crippen molar-refractivity contribution in [1.29, 1.82) is 0 Å². The van der Waals surface area contributed by atoms with E-state index in [1.54, 1.807) is 32.0 Å². The monoisotopic (exact) mass is 442 g/mol. The van der Waals surface area contributed by atoms with E-state index < -0.39 is 18.0 Å². The van der Waals surface area contributed by atoms with Crippen LogP contribution in [0.3, 0.4) is 0 Å². The number of nitrogens with one attached hydrogen (secondary N) is 1. The Labute approximate surface area is 179 Å². The summed E-state index contributed by atoms with van der Waals surface area (Å²) < 4.78 is 5.21. The number of ether oxygens (including phenoxy) is 1. The van der Waals surface area contributed by atoms with E-state index >= 15 is 0 Å². The summed E-state index contributed by atoms with van der Waals surface area (Å²) >= 11 is 12.4. The Bertz CT molecular complexity index is 825. The van der Waals surface area contributed by atoms with Gasteiger partial charge in [-0.25, -0.2) is 9.59 Å². The maximum Gasteiger partial charge on any atom is 0.338 e. The first-order chi connectivity index (χ1) is 13.8. The molecule has 29 heavy (non-hydrogen) atoms. The standard InChI is InChI=1S/C20H24Cl2N2O5/c1-3-29-19(27)16-12(2)24(11-6-4-5-10-15(25)26)20(28)23-18(16)13-8-7-9-14(21)17(13)22/h7-9,18H,3-6,10-11H2,1-2H3,(H,23,28)(H,25,26). The van der Waals surface area contributed by atoms with Gasteiger partial charge in [-0.3, -0.25) is 9.69 Å². The number of urea groups is 1. The van der Waals surface area contributed by atoms with Crippen LogP contribution in [0.5, 0.6) is 0 Å². The van der Waals surface area contributed by atoms with E-state index in [0.717, 1.165) is 0 Å². The molecule has 0 bridgehead atoms. The summed E-state index contributed by atoms with van der Waals surface area (Å²) in [6, 6.07) is 3.88. The van der Waals surface area contributed by atoms with Crippen LogP contribution < -0.4 is 5.32 Å². The highest BCUT2D eigenvalue weighted by Gasteiger charge is 2.37. The quantitative estimate of drug-likeness (QED) is 0.432. The molecule has 1 aromatic rings.